The molecule has 1 aliphatic rings. The Labute approximate surface area is 107 Å². The van der Waals surface area contributed by atoms with E-state index in [1.54, 1.807) is 6.92 Å². The molecule has 0 bridgehead atoms. The summed E-state index contributed by atoms with van der Waals surface area (Å²) in [5.74, 6) is 1.28. The van der Waals surface area contributed by atoms with E-state index in [0.29, 0.717) is 0 Å². The molecule has 0 saturated carbocycles. The molecule has 0 N–H and O–H groups in total. The fourth-order valence-corrected chi connectivity index (χ4v) is 3.00. The third kappa shape index (κ3) is 3.86. The van der Waals surface area contributed by atoms with Gasteiger partial charge in [-0.05, 0) is 45.0 Å². The lowest BCUT2D eigenvalue weighted by Crippen LogP contribution is -2.21. The van der Waals surface area contributed by atoms with Crippen LogP contribution in [0, 0.1) is 0 Å². The fourth-order valence-electron chi connectivity index (χ4n) is 2.08. The summed E-state index contributed by atoms with van der Waals surface area (Å²) in [7, 11) is 0. The third-order valence-electron chi connectivity index (χ3n) is 3.14. The zero-order chi connectivity index (χ0) is 12.1. The van der Waals surface area contributed by atoms with Crippen molar-refractivity contribution in [3.63, 3.8) is 0 Å². The average molecular weight is 249 g/mol. The Morgan fingerprint density at radius 1 is 1.24 bits per heavy atom. The number of ketones is 1. The molecule has 1 aliphatic heterocycles. The predicted molar refractivity (Wildman–Crippen MR) is 72.8 cm³/mol. The zero-order valence-corrected chi connectivity index (χ0v) is 11.1. The van der Waals surface area contributed by atoms with Crippen LogP contribution in [0.15, 0.2) is 29.2 Å². The fraction of sp³-hybridized carbons (Fsp3) is 0.500. The van der Waals surface area contributed by atoms with E-state index >= 15 is 0 Å². The van der Waals surface area contributed by atoms with Crippen molar-refractivity contribution < 1.29 is 4.79 Å². The summed E-state index contributed by atoms with van der Waals surface area (Å²) in [5, 5.41) is 0. The highest BCUT2D eigenvalue weighted by atomic mass is 32.2. The van der Waals surface area contributed by atoms with Crippen molar-refractivity contribution in [2.24, 2.45) is 0 Å². The molecule has 1 aromatic carbocycles. The lowest BCUT2D eigenvalue weighted by molar-refractivity contribution is 0.101. The van der Waals surface area contributed by atoms with Gasteiger partial charge in [0.25, 0.3) is 0 Å². The lowest BCUT2D eigenvalue weighted by atomic mass is 10.2. The monoisotopic (exact) mass is 249 g/mol. The van der Waals surface area contributed by atoms with Crippen LogP contribution in [-0.4, -0.2) is 36.1 Å². The molecular weight excluding hydrogens is 230 g/mol. The van der Waals surface area contributed by atoms with Crippen LogP contribution in [0.4, 0.5) is 0 Å². The van der Waals surface area contributed by atoms with Gasteiger partial charge in [0.1, 0.15) is 0 Å². The third-order valence-corrected chi connectivity index (χ3v) is 4.13. The number of benzene rings is 1. The summed E-state index contributed by atoms with van der Waals surface area (Å²) >= 11 is 1.87. The Bertz CT molecular complexity index is 368. The van der Waals surface area contributed by atoms with Gasteiger partial charge in [0.15, 0.2) is 5.78 Å². The summed E-state index contributed by atoms with van der Waals surface area (Å²) in [5.41, 5.74) is 0.800. The van der Waals surface area contributed by atoms with Crippen LogP contribution in [0.25, 0.3) is 0 Å². The molecule has 1 saturated heterocycles. The minimum Gasteiger partial charge on any atom is -0.303 e. The number of rotatable bonds is 5. The Morgan fingerprint density at radius 3 is 2.47 bits per heavy atom. The summed E-state index contributed by atoms with van der Waals surface area (Å²) in [6.07, 6.45) is 2.72. The van der Waals surface area contributed by atoms with Gasteiger partial charge in [0.05, 0.1) is 0 Å². The SMILES string of the molecule is CC(=O)c1ccc(SCCN2CCCC2)cc1. The van der Waals surface area contributed by atoms with Crippen molar-refractivity contribution in [1.29, 1.82) is 0 Å². The Balaban J connectivity index is 1.76. The van der Waals surface area contributed by atoms with Gasteiger partial charge in [-0.2, -0.15) is 0 Å². The van der Waals surface area contributed by atoms with Crippen molar-refractivity contribution >= 4 is 17.5 Å². The highest BCUT2D eigenvalue weighted by Crippen LogP contribution is 2.19. The van der Waals surface area contributed by atoms with E-state index in [4.69, 9.17) is 0 Å². The molecule has 0 aromatic heterocycles. The molecule has 0 spiro atoms. The smallest absolute Gasteiger partial charge is 0.159 e. The summed E-state index contributed by atoms with van der Waals surface area (Å²) in [6.45, 7) is 5.32. The quantitative estimate of drug-likeness (QED) is 0.591. The van der Waals surface area contributed by atoms with Gasteiger partial charge in [0.2, 0.25) is 0 Å². The molecule has 2 nitrogen and oxygen atoms in total. The maximum absolute atomic E-state index is 11.1. The molecule has 0 radical (unpaired) electrons. The van der Waals surface area contributed by atoms with Gasteiger partial charge < -0.3 is 4.90 Å². The van der Waals surface area contributed by atoms with Gasteiger partial charge in [-0.15, -0.1) is 11.8 Å². The van der Waals surface area contributed by atoms with E-state index in [2.05, 4.69) is 4.90 Å². The number of nitrogens with zero attached hydrogens (tertiary/aromatic N) is 1. The first-order chi connectivity index (χ1) is 8.25. The van der Waals surface area contributed by atoms with Gasteiger partial charge in [-0.25, -0.2) is 0 Å². The number of thioether (sulfide) groups is 1. The van der Waals surface area contributed by atoms with E-state index in [9.17, 15) is 4.79 Å². The second kappa shape index (κ2) is 6.22. The summed E-state index contributed by atoms with van der Waals surface area (Å²) in [4.78, 5) is 14.9. The normalized spacial score (nSPS) is 16.3. The second-order valence-corrected chi connectivity index (χ2v) is 5.65. The molecule has 0 unspecified atom stereocenters. The Hall–Kier alpha value is -0.800. The van der Waals surface area contributed by atoms with Crippen LogP contribution in [0.3, 0.4) is 0 Å². The van der Waals surface area contributed by atoms with Crippen LogP contribution in [0.1, 0.15) is 30.1 Å². The van der Waals surface area contributed by atoms with E-state index in [1.807, 2.05) is 36.0 Å². The molecule has 1 heterocycles. The molecule has 0 aliphatic carbocycles. The first-order valence-electron chi connectivity index (χ1n) is 6.22. The van der Waals surface area contributed by atoms with Crippen molar-refractivity contribution in [2.75, 3.05) is 25.4 Å². The van der Waals surface area contributed by atoms with Gasteiger partial charge in [0, 0.05) is 22.8 Å². The highest BCUT2D eigenvalue weighted by molar-refractivity contribution is 7.99. The Kier molecular flexibility index (Phi) is 4.63. The van der Waals surface area contributed by atoms with Crippen molar-refractivity contribution in [1.82, 2.24) is 4.90 Å². The number of likely N-dealkylation sites (tertiary alicyclic amines) is 1. The minimum atomic E-state index is 0.138. The highest BCUT2D eigenvalue weighted by Gasteiger charge is 2.10. The zero-order valence-electron chi connectivity index (χ0n) is 10.3. The average Bonchev–Trinajstić information content (AvgIpc) is 2.83. The van der Waals surface area contributed by atoms with Crippen molar-refractivity contribution in [3.05, 3.63) is 29.8 Å². The topological polar surface area (TPSA) is 20.3 Å². The van der Waals surface area contributed by atoms with Gasteiger partial charge in [-0.1, -0.05) is 12.1 Å². The van der Waals surface area contributed by atoms with E-state index in [0.717, 1.165) is 11.3 Å². The van der Waals surface area contributed by atoms with Crippen LogP contribution in [0.5, 0.6) is 0 Å². The standard InChI is InChI=1S/C14H19NOS/c1-12(16)13-4-6-14(7-5-13)17-11-10-15-8-2-3-9-15/h4-7H,2-3,8-11H2,1H3. The molecule has 1 aromatic rings. The number of hydrogen-bond acceptors (Lipinski definition) is 3. The molecule has 92 valence electrons. The number of Topliss-reactive ketones (excluding diaryl/α,β-unsaturated/α-hetero) is 1. The summed E-state index contributed by atoms with van der Waals surface area (Å²) in [6, 6.07) is 7.93. The van der Waals surface area contributed by atoms with Crippen molar-refractivity contribution in [2.45, 2.75) is 24.7 Å². The van der Waals surface area contributed by atoms with Gasteiger partial charge in [-0.3, -0.25) is 4.79 Å². The molecule has 1 fully saturated rings. The second-order valence-electron chi connectivity index (χ2n) is 4.48. The molecular formula is C14H19NOS. The van der Waals surface area contributed by atoms with Crippen LogP contribution in [0.2, 0.25) is 0 Å². The van der Waals surface area contributed by atoms with Gasteiger partial charge >= 0.3 is 0 Å². The van der Waals surface area contributed by atoms with Crippen molar-refractivity contribution in [3.8, 4) is 0 Å². The van der Waals surface area contributed by atoms with Crippen LogP contribution >= 0.6 is 11.8 Å². The molecule has 2 rings (SSSR count). The maximum Gasteiger partial charge on any atom is 0.159 e. The number of hydrogen-bond donors (Lipinski definition) is 0. The number of carbonyl (C=O) groups excluding carboxylic acids is 1. The minimum absolute atomic E-state index is 0.138. The first kappa shape index (κ1) is 12.7. The summed E-state index contributed by atoms with van der Waals surface area (Å²) < 4.78 is 0. The van der Waals surface area contributed by atoms with E-state index < -0.39 is 0 Å². The predicted octanol–water partition coefficient (Wildman–Crippen LogP) is 3.08. The van der Waals surface area contributed by atoms with Crippen LogP contribution < -0.4 is 0 Å². The van der Waals surface area contributed by atoms with E-state index in [-0.39, 0.29) is 5.78 Å². The molecule has 17 heavy (non-hydrogen) atoms. The molecule has 3 heteroatoms. The maximum atomic E-state index is 11.1. The van der Waals surface area contributed by atoms with E-state index in [1.165, 1.54) is 37.4 Å². The number of carbonyl (C=O) groups is 1. The van der Waals surface area contributed by atoms with Crippen LogP contribution in [-0.2, 0) is 0 Å². The first-order valence-corrected chi connectivity index (χ1v) is 7.20. The lowest BCUT2D eigenvalue weighted by Gasteiger charge is -2.13. The largest absolute Gasteiger partial charge is 0.303 e. The Morgan fingerprint density at radius 2 is 1.88 bits per heavy atom. The molecule has 0 atom stereocenters. The molecule has 0 amide bonds.